The Bertz CT molecular complexity index is 475. The lowest BCUT2D eigenvalue weighted by Gasteiger charge is -2.36. The summed E-state index contributed by atoms with van der Waals surface area (Å²) in [5.41, 5.74) is 0.863. The first kappa shape index (κ1) is 15.6. The second-order valence-electron chi connectivity index (χ2n) is 5.84. The number of nitrogens with one attached hydrogen (secondary N) is 1. The Labute approximate surface area is 129 Å². The maximum absolute atomic E-state index is 12.4. The van der Waals surface area contributed by atoms with Gasteiger partial charge in [-0.15, -0.1) is 0 Å². The van der Waals surface area contributed by atoms with Crippen molar-refractivity contribution in [1.82, 2.24) is 14.8 Å². The molecule has 2 rings (SSSR count). The predicted molar refractivity (Wildman–Crippen MR) is 85.0 cm³/mol. The first-order valence-electron chi connectivity index (χ1n) is 7.30. The van der Waals surface area contributed by atoms with Crippen LogP contribution in [0, 0.1) is 0 Å². The fraction of sp³-hybridized carbons (Fsp3) is 0.667. The molecule has 0 radical (unpaired) electrons. The van der Waals surface area contributed by atoms with Crippen molar-refractivity contribution in [2.24, 2.45) is 0 Å². The van der Waals surface area contributed by atoms with Crippen LogP contribution in [0.1, 0.15) is 43.1 Å². The number of rotatable bonds is 5. The highest BCUT2D eigenvalue weighted by molar-refractivity contribution is 9.10. The molecule has 1 aromatic heterocycles. The van der Waals surface area contributed by atoms with Gasteiger partial charge in [-0.2, -0.15) is 0 Å². The quantitative estimate of drug-likeness (QED) is 0.893. The SMILES string of the molecule is CCn1cc(Br)cc1C(=O)NCC1(N(C)C)CCCC1. The molecule has 1 saturated carbocycles. The van der Waals surface area contributed by atoms with E-state index in [-0.39, 0.29) is 11.4 Å². The molecule has 1 heterocycles. The summed E-state index contributed by atoms with van der Waals surface area (Å²) >= 11 is 3.43. The van der Waals surface area contributed by atoms with Crippen LogP contribution in [0.2, 0.25) is 0 Å². The molecule has 4 nitrogen and oxygen atoms in total. The Hall–Kier alpha value is -0.810. The number of likely N-dealkylation sites (N-methyl/N-ethyl adjacent to an activating group) is 1. The molecular weight excluding hydrogens is 318 g/mol. The van der Waals surface area contributed by atoms with Gasteiger partial charge in [-0.1, -0.05) is 12.8 Å². The fourth-order valence-corrected chi connectivity index (χ4v) is 3.54. The number of aromatic nitrogens is 1. The van der Waals surface area contributed by atoms with Gasteiger partial charge in [0.2, 0.25) is 0 Å². The molecule has 1 N–H and O–H groups in total. The minimum atomic E-state index is 0.0191. The van der Waals surface area contributed by atoms with Gasteiger partial charge < -0.3 is 14.8 Å². The average molecular weight is 342 g/mol. The predicted octanol–water partition coefficient (Wildman–Crippen LogP) is 2.87. The van der Waals surface area contributed by atoms with Gasteiger partial charge >= 0.3 is 0 Å². The largest absolute Gasteiger partial charge is 0.349 e. The summed E-state index contributed by atoms with van der Waals surface area (Å²) in [7, 11) is 4.23. The van der Waals surface area contributed by atoms with Gasteiger partial charge in [0.1, 0.15) is 5.69 Å². The monoisotopic (exact) mass is 341 g/mol. The number of aryl methyl sites for hydroxylation is 1. The van der Waals surface area contributed by atoms with Crippen molar-refractivity contribution in [2.45, 2.75) is 44.7 Å². The summed E-state index contributed by atoms with van der Waals surface area (Å²) in [5, 5.41) is 3.13. The lowest BCUT2D eigenvalue weighted by Crippen LogP contribution is -2.51. The Morgan fingerprint density at radius 2 is 2.10 bits per heavy atom. The van der Waals surface area contributed by atoms with Gasteiger partial charge in [-0.25, -0.2) is 0 Å². The van der Waals surface area contributed by atoms with E-state index in [0.717, 1.165) is 23.3 Å². The van der Waals surface area contributed by atoms with Crippen molar-refractivity contribution in [3.63, 3.8) is 0 Å². The minimum Gasteiger partial charge on any atom is -0.349 e. The van der Waals surface area contributed by atoms with Crippen molar-refractivity contribution in [3.05, 3.63) is 22.4 Å². The van der Waals surface area contributed by atoms with Gasteiger partial charge in [0.25, 0.3) is 5.91 Å². The number of hydrogen-bond donors (Lipinski definition) is 1. The van der Waals surface area contributed by atoms with E-state index in [1.54, 1.807) is 0 Å². The summed E-state index contributed by atoms with van der Waals surface area (Å²) in [5.74, 6) is 0.0191. The zero-order valence-electron chi connectivity index (χ0n) is 12.6. The topological polar surface area (TPSA) is 37.3 Å². The maximum atomic E-state index is 12.4. The minimum absolute atomic E-state index is 0.0191. The van der Waals surface area contributed by atoms with E-state index in [1.165, 1.54) is 25.7 Å². The lowest BCUT2D eigenvalue weighted by molar-refractivity contribution is 0.0891. The molecule has 0 unspecified atom stereocenters. The highest BCUT2D eigenvalue weighted by atomic mass is 79.9. The van der Waals surface area contributed by atoms with Gasteiger partial charge in [-0.05, 0) is 55.9 Å². The number of carbonyl (C=O) groups is 1. The summed E-state index contributed by atoms with van der Waals surface area (Å²) in [6.07, 6.45) is 6.79. The molecular formula is C15H24BrN3O. The van der Waals surface area contributed by atoms with Crippen LogP contribution >= 0.6 is 15.9 Å². The van der Waals surface area contributed by atoms with E-state index in [4.69, 9.17) is 0 Å². The molecule has 5 heteroatoms. The maximum Gasteiger partial charge on any atom is 0.268 e. The third kappa shape index (κ3) is 3.09. The van der Waals surface area contributed by atoms with Crippen LogP contribution in [-0.2, 0) is 6.54 Å². The van der Waals surface area contributed by atoms with E-state index < -0.39 is 0 Å². The average Bonchev–Trinajstić information content (AvgIpc) is 3.03. The summed E-state index contributed by atoms with van der Waals surface area (Å²) < 4.78 is 2.92. The molecule has 0 spiro atoms. The second-order valence-corrected chi connectivity index (χ2v) is 6.75. The van der Waals surface area contributed by atoms with E-state index in [9.17, 15) is 4.79 Å². The molecule has 0 aliphatic heterocycles. The molecule has 0 saturated heterocycles. The van der Waals surface area contributed by atoms with Crippen molar-refractivity contribution in [1.29, 1.82) is 0 Å². The van der Waals surface area contributed by atoms with E-state index >= 15 is 0 Å². The van der Waals surface area contributed by atoms with Crippen molar-refractivity contribution < 1.29 is 4.79 Å². The zero-order chi connectivity index (χ0) is 14.8. The van der Waals surface area contributed by atoms with Crippen LogP contribution in [-0.4, -0.2) is 41.6 Å². The number of carbonyl (C=O) groups excluding carboxylic acids is 1. The third-order valence-corrected chi connectivity index (χ3v) is 4.93. The molecule has 0 bridgehead atoms. The van der Waals surface area contributed by atoms with Crippen molar-refractivity contribution in [2.75, 3.05) is 20.6 Å². The first-order valence-corrected chi connectivity index (χ1v) is 8.09. The van der Waals surface area contributed by atoms with E-state index in [1.807, 2.05) is 23.8 Å². The molecule has 1 aromatic rings. The Morgan fingerprint density at radius 3 is 2.65 bits per heavy atom. The first-order chi connectivity index (χ1) is 9.48. The molecule has 20 heavy (non-hydrogen) atoms. The summed E-state index contributed by atoms with van der Waals surface area (Å²) in [6.45, 7) is 3.57. The molecule has 112 valence electrons. The molecule has 1 aliphatic carbocycles. The van der Waals surface area contributed by atoms with Crippen LogP contribution in [0.4, 0.5) is 0 Å². The van der Waals surface area contributed by atoms with E-state index in [2.05, 4.69) is 40.2 Å². The zero-order valence-corrected chi connectivity index (χ0v) is 14.2. The van der Waals surface area contributed by atoms with Gasteiger partial charge in [-0.3, -0.25) is 4.79 Å². The highest BCUT2D eigenvalue weighted by Crippen LogP contribution is 2.33. The van der Waals surface area contributed by atoms with Gasteiger partial charge in [0, 0.05) is 29.3 Å². The molecule has 1 fully saturated rings. The van der Waals surface area contributed by atoms with Gasteiger partial charge in [0.05, 0.1) is 0 Å². The molecule has 1 amide bonds. The Balaban J connectivity index is 2.04. The Morgan fingerprint density at radius 1 is 1.45 bits per heavy atom. The number of amides is 1. The van der Waals surface area contributed by atoms with Crippen LogP contribution < -0.4 is 5.32 Å². The normalized spacial score (nSPS) is 17.6. The van der Waals surface area contributed by atoms with Crippen LogP contribution in [0.15, 0.2) is 16.7 Å². The van der Waals surface area contributed by atoms with Crippen LogP contribution in [0.5, 0.6) is 0 Å². The highest BCUT2D eigenvalue weighted by Gasteiger charge is 2.36. The van der Waals surface area contributed by atoms with Crippen molar-refractivity contribution >= 4 is 21.8 Å². The van der Waals surface area contributed by atoms with Crippen LogP contribution in [0.3, 0.4) is 0 Å². The van der Waals surface area contributed by atoms with Gasteiger partial charge in [0.15, 0.2) is 0 Å². The molecule has 0 atom stereocenters. The fourth-order valence-electron chi connectivity index (χ4n) is 3.08. The molecule has 1 aliphatic rings. The lowest BCUT2D eigenvalue weighted by atomic mass is 9.96. The smallest absolute Gasteiger partial charge is 0.268 e. The summed E-state index contributed by atoms with van der Waals surface area (Å²) in [6, 6.07) is 1.88. The number of hydrogen-bond acceptors (Lipinski definition) is 2. The number of halogens is 1. The molecule has 0 aromatic carbocycles. The number of nitrogens with zero attached hydrogens (tertiary/aromatic N) is 2. The Kier molecular flexibility index (Phi) is 4.91. The standard InChI is InChI=1S/C15H24BrN3O/c1-4-19-10-12(16)9-13(19)14(20)17-11-15(18(2)3)7-5-6-8-15/h9-10H,4-8,11H2,1-3H3,(H,17,20). The van der Waals surface area contributed by atoms with E-state index in [0.29, 0.717) is 0 Å². The second kappa shape index (κ2) is 6.31. The van der Waals surface area contributed by atoms with Crippen molar-refractivity contribution in [3.8, 4) is 0 Å². The summed E-state index contributed by atoms with van der Waals surface area (Å²) in [4.78, 5) is 14.7. The van der Waals surface area contributed by atoms with Crippen LogP contribution in [0.25, 0.3) is 0 Å². The third-order valence-electron chi connectivity index (χ3n) is 4.50.